The Morgan fingerprint density at radius 2 is 1.45 bits per heavy atom. The van der Waals surface area contributed by atoms with E-state index in [2.05, 4.69) is 25.1 Å². The first-order valence-electron chi connectivity index (χ1n) is 10.6. The molecular weight excluding hydrogens is 396 g/mol. The van der Waals surface area contributed by atoms with Crippen molar-refractivity contribution >= 4 is 5.97 Å². The Hall–Kier alpha value is -2.89. The van der Waals surface area contributed by atoms with Crippen molar-refractivity contribution in [2.75, 3.05) is 28.4 Å². The molecule has 0 radical (unpaired) electrons. The molecule has 0 bridgehead atoms. The lowest BCUT2D eigenvalue weighted by Gasteiger charge is -2.20. The molecule has 0 heterocycles. The molecule has 1 atom stereocenters. The fourth-order valence-electron chi connectivity index (χ4n) is 3.85. The number of ether oxygens (including phenoxy) is 4. The van der Waals surface area contributed by atoms with Gasteiger partial charge in [-0.25, -0.2) is 0 Å². The molecule has 170 valence electrons. The molecule has 0 spiro atoms. The van der Waals surface area contributed by atoms with Crippen molar-refractivity contribution in [3.63, 3.8) is 0 Å². The summed E-state index contributed by atoms with van der Waals surface area (Å²) >= 11 is 0. The second kappa shape index (κ2) is 12.1. The van der Waals surface area contributed by atoms with Gasteiger partial charge in [0.2, 0.25) is 0 Å². The van der Waals surface area contributed by atoms with E-state index in [4.69, 9.17) is 24.1 Å². The maximum Gasteiger partial charge on any atom is 0.303 e. The summed E-state index contributed by atoms with van der Waals surface area (Å²) < 4.78 is 21.8. The summed E-state index contributed by atoms with van der Waals surface area (Å²) in [7, 11) is 6.56. The average Bonchev–Trinajstić information content (AvgIpc) is 2.77. The van der Waals surface area contributed by atoms with E-state index in [-0.39, 0.29) is 12.3 Å². The summed E-state index contributed by atoms with van der Waals surface area (Å²) in [4.78, 5) is 10.7. The molecule has 1 N–H and O–H groups in total. The molecule has 0 fully saturated rings. The van der Waals surface area contributed by atoms with Crippen LogP contribution < -0.4 is 18.9 Å². The molecule has 0 amide bonds. The molecule has 1 unspecified atom stereocenters. The molecule has 0 aliphatic rings. The van der Waals surface area contributed by atoms with E-state index >= 15 is 0 Å². The molecule has 31 heavy (non-hydrogen) atoms. The van der Waals surface area contributed by atoms with E-state index < -0.39 is 5.97 Å². The van der Waals surface area contributed by atoms with Crippen molar-refractivity contribution in [3.8, 4) is 23.0 Å². The van der Waals surface area contributed by atoms with E-state index in [0.717, 1.165) is 37.0 Å². The Balaban J connectivity index is 2.24. The molecule has 0 saturated carbocycles. The van der Waals surface area contributed by atoms with Gasteiger partial charge in [-0.3, -0.25) is 4.79 Å². The minimum Gasteiger partial charge on any atom is -0.493 e. The molecule has 6 nitrogen and oxygen atoms in total. The summed E-state index contributed by atoms with van der Waals surface area (Å²) in [5.41, 5.74) is 3.58. The second-order valence-corrected chi connectivity index (χ2v) is 7.65. The zero-order valence-corrected chi connectivity index (χ0v) is 19.2. The third-order valence-electron chi connectivity index (χ3n) is 5.50. The lowest BCUT2D eigenvalue weighted by atomic mass is 9.88. The first-order chi connectivity index (χ1) is 14.9. The van der Waals surface area contributed by atoms with E-state index in [0.29, 0.717) is 23.7 Å². The van der Waals surface area contributed by atoms with Crippen LogP contribution in [-0.2, 0) is 17.6 Å². The van der Waals surface area contributed by atoms with Crippen molar-refractivity contribution in [2.24, 2.45) is 0 Å². The Morgan fingerprint density at radius 1 is 0.839 bits per heavy atom. The molecule has 0 aliphatic carbocycles. The fourth-order valence-corrected chi connectivity index (χ4v) is 3.85. The second-order valence-electron chi connectivity index (χ2n) is 7.65. The Morgan fingerprint density at radius 3 is 2.06 bits per heavy atom. The van der Waals surface area contributed by atoms with Crippen LogP contribution in [0.1, 0.15) is 55.2 Å². The highest BCUT2D eigenvalue weighted by Gasteiger charge is 2.17. The van der Waals surface area contributed by atoms with Crippen LogP contribution >= 0.6 is 0 Å². The summed E-state index contributed by atoms with van der Waals surface area (Å²) in [6, 6.07) is 10.1. The summed E-state index contributed by atoms with van der Waals surface area (Å²) in [6.45, 7) is 2.20. The Labute approximate surface area is 185 Å². The highest BCUT2D eigenvalue weighted by Crippen LogP contribution is 2.37. The van der Waals surface area contributed by atoms with Gasteiger partial charge in [0.05, 0.1) is 28.4 Å². The van der Waals surface area contributed by atoms with Gasteiger partial charge in [-0.1, -0.05) is 19.4 Å². The minimum absolute atomic E-state index is 0.217. The SMILES string of the molecule is COc1ccc(CC(C)c2cc(OC)c(OC)cc2CCCCCC(=O)O)cc1OC. The third kappa shape index (κ3) is 6.81. The van der Waals surface area contributed by atoms with Gasteiger partial charge in [-0.2, -0.15) is 0 Å². The van der Waals surface area contributed by atoms with Gasteiger partial charge >= 0.3 is 5.97 Å². The first-order valence-corrected chi connectivity index (χ1v) is 10.6. The fraction of sp³-hybridized carbons (Fsp3) is 0.480. The number of hydrogen-bond donors (Lipinski definition) is 1. The number of carbonyl (C=O) groups is 1. The number of methoxy groups -OCH3 is 4. The smallest absolute Gasteiger partial charge is 0.303 e. The van der Waals surface area contributed by atoms with Crippen molar-refractivity contribution in [2.45, 2.75) is 51.4 Å². The third-order valence-corrected chi connectivity index (χ3v) is 5.50. The zero-order valence-electron chi connectivity index (χ0n) is 19.2. The number of unbranched alkanes of at least 4 members (excludes halogenated alkanes) is 2. The van der Waals surface area contributed by atoms with E-state index in [1.165, 1.54) is 11.1 Å². The van der Waals surface area contributed by atoms with Crippen LogP contribution in [0.2, 0.25) is 0 Å². The summed E-state index contributed by atoms with van der Waals surface area (Å²) in [6.07, 6.45) is 4.42. The number of hydrogen-bond acceptors (Lipinski definition) is 5. The maximum absolute atomic E-state index is 10.7. The average molecular weight is 431 g/mol. The number of carboxylic acid groups (broad SMARTS) is 1. The molecule has 0 saturated heterocycles. The number of aryl methyl sites for hydroxylation is 1. The van der Waals surface area contributed by atoms with Crippen LogP contribution in [0.3, 0.4) is 0 Å². The first kappa shape index (κ1) is 24.4. The van der Waals surface area contributed by atoms with Crippen LogP contribution in [0.4, 0.5) is 0 Å². The standard InChI is InChI=1S/C25H34O6/c1-17(13-18-11-12-21(28-2)22(14-18)29-3)20-16-24(31-5)23(30-4)15-19(20)9-7-6-8-10-25(26)27/h11-12,14-17H,6-10,13H2,1-5H3,(H,26,27). The molecule has 2 rings (SSSR count). The van der Waals surface area contributed by atoms with Crippen molar-refractivity contribution in [1.29, 1.82) is 0 Å². The molecule has 0 aromatic heterocycles. The van der Waals surface area contributed by atoms with Gasteiger partial charge in [0.1, 0.15) is 0 Å². The monoisotopic (exact) mass is 430 g/mol. The zero-order chi connectivity index (χ0) is 22.8. The highest BCUT2D eigenvalue weighted by molar-refractivity contribution is 5.66. The lowest BCUT2D eigenvalue weighted by molar-refractivity contribution is -0.137. The van der Waals surface area contributed by atoms with Gasteiger partial charge in [-0.05, 0) is 72.6 Å². The van der Waals surface area contributed by atoms with Crippen LogP contribution in [-0.4, -0.2) is 39.5 Å². The van der Waals surface area contributed by atoms with Gasteiger partial charge in [0.25, 0.3) is 0 Å². The number of rotatable bonds is 13. The molecule has 6 heteroatoms. The van der Waals surface area contributed by atoms with Crippen molar-refractivity contribution < 1.29 is 28.8 Å². The van der Waals surface area contributed by atoms with Gasteiger partial charge in [0.15, 0.2) is 23.0 Å². The molecule has 0 aliphatic heterocycles. The van der Waals surface area contributed by atoms with Crippen LogP contribution in [0.5, 0.6) is 23.0 Å². The number of aliphatic carboxylic acids is 1. The summed E-state index contributed by atoms with van der Waals surface area (Å²) in [5.74, 6) is 2.36. The topological polar surface area (TPSA) is 74.2 Å². The van der Waals surface area contributed by atoms with Gasteiger partial charge in [-0.15, -0.1) is 0 Å². The van der Waals surface area contributed by atoms with E-state index in [1.807, 2.05) is 12.1 Å². The predicted octanol–water partition coefficient (Wildman–Crippen LogP) is 5.25. The lowest BCUT2D eigenvalue weighted by Crippen LogP contribution is -2.06. The maximum atomic E-state index is 10.7. The van der Waals surface area contributed by atoms with E-state index in [9.17, 15) is 4.79 Å². The van der Waals surface area contributed by atoms with Gasteiger partial charge in [0, 0.05) is 6.42 Å². The Bertz CT molecular complexity index is 861. The van der Waals surface area contributed by atoms with Crippen molar-refractivity contribution in [3.05, 3.63) is 47.0 Å². The van der Waals surface area contributed by atoms with Gasteiger partial charge < -0.3 is 24.1 Å². The highest BCUT2D eigenvalue weighted by atomic mass is 16.5. The largest absolute Gasteiger partial charge is 0.493 e. The summed E-state index contributed by atoms with van der Waals surface area (Å²) in [5, 5.41) is 8.84. The van der Waals surface area contributed by atoms with Crippen LogP contribution in [0, 0.1) is 0 Å². The Kier molecular flexibility index (Phi) is 9.50. The number of benzene rings is 2. The number of carboxylic acids is 1. The van der Waals surface area contributed by atoms with Crippen LogP contribution in [0.15, 0.2) is 30.3 Å². The minimum atomic E-state index is -0.740. The van der Waals surface area contributed by atoms with E-state index in [1.54, 1.807) is 28.4 Å². The normalized spacial score (nSPS) is 11.6. The molecule has 2 aromatic rings. The predicted molar refractivity (Wildman–Crippen MR) is 121 cm³/mol. The molecular formula is C25H34O6. The quantitative estimate of drug-likeness (QED) is 0.437. The van der Waals surface area contributed by atoms with Crippen LogP contribution in [0.25, 0.3) is 0 Å². The van der Waals surface area contributed by atoms with Crippen molar-refractivity contribution in [1.82, 2.24) is 0 Å². The molecule has 2 aromatic carbocycles.